The summed E-state index contributed by atoms with van der Waals surface area (Å²) in [7, 11) is 0. The molecule has 1 aliphatic rings. The van der Waals surface area contributed by atoms with Gasteiger partial charge in [-0.15, -0.1) is 0 Å². The van der Waals surface area contributed by atoms with Crippen molar-refractivity contribution in [1.29, 1.82) is 0 Å². The molecule has 0 atom stereocenters. The van der Waals surface area contributed by atoms with Crippen LogP contribution in [0.1, 0.15) is 18.5 Å². The molecule has 1 aromatic heterocycles. The second kappa shape index (κ2) is 5.60. The number of hydrogen-bond donors (Lipinski definition) is 2. The third-order valence-electron chi connectivity index (χ3n) is 2.65. The topological polar surface area (TPSA) is 59.0 Å². The van der Waals surface area contributed by atoms with Crippen molar-refractivity contribution >= 4 is 5.91 Å². The zero-order chi connectivity index (χ0) is 13.9. The molecule has 19 heavy (non-hydrogen) atoms. The van der Waals surface area contributed by atoms with Gasteiger partial charge in [-0.3, -0.25) is 4.79 Å². The molecule has 1 amide bonds. The van der Waals surface area contributed by atoms with Gasteiger partial charge in [-0.05, 0) is 12.8 Å². The Balaban J connectivity index is 1.73. The van der Waals surface area contributed by atoms with E-state index in [-0.39, 0.29) is 6.54 Å². The number of carbonyl (C=O) groups excluding carboxylic acids is 1. The number of imidazole rings is 1. The minimum absolute atomic E-state index is 0.160. The zero-order valence-corrected chi connectivity index (χ0v) is 10.2. The number of hydrogen-bond acceptors (Lipinski definition) is 3. The zero-order valence-electron chi connectivity index (χ0n) is 10.2. The molecule has 0 bridgehead atoms. The lowest BCUT2D eigenvalue weighted by Crippen LogP contribution is -2.35. The lowest BCUT2D eigenvalue weighted by atomic mass is 10.4. The van der Waals surface area contributed by atoms with Gasteiger partial charge in [0.25, 0.3) is 0 Å². The normalized spacial score (nSPS) is 15.5. The van der Waals surface area contributed by atoms with E-state index in [1.165, 1.54) is 23.7 Å². The van der Waals surface area contributed by atoms with Crippen LogP contribution in [0.25, 0.3) is 0 Å². The molecule has 2 N–H and O–H groups in total. The van der Waals surface area contributed by atoms with E-state index >= 15 is 0 Å². The van der Waals surface area contributed by atoms with E-state index in [9.17, 15) is 18.0 Å². The summed E-state index contributed by atoms with van der Waals surface area (Å²) in [5.41, 5.74) is 0.774. The standard InChI is InChI=1S/C11H15F3N4O/c12-11(13,14)6-16-10(19)5-18-4-9(17-7-18)3-15-8-1-2-8/h4,7-8,15H,1-3,5-6H2,(H,16,19). The Hall–Kier alpha value is -1.57. The molecule has 1 saturated carbocycles. The van der Waals surface area contributed by atoms with Crippen molar-refractivity contribution in [2.24, 2.45) is 0 Å². The van der Waals surface area contributed by atoms with Crippen LogP contribution in [-0.2, 0) is 17.9 Å². The molecule has 0 unspecified atom stereocenters. The van der Waals surface area contributed by atoms with Gasteiger partial charge in [0.15, 0.2) is 0 Å². The summed E-state index contributed by atoms with van der Waals surface area (Å²) in [5, 5.41) is 5.07. The first-order chi connectivity index (χ1) is 8.92. The highest BCUT2D eigenvalue weighted by atomic mass is 19.4. The summed E-state index contributed by atoms with van der Waals surface area (Å²) in [5.74, 6) is -0.684. The van der Waals surface area contributed by atoms with Crippen molar-refractivity contribution in [3.63, 3.8) is 0 Å². The summed E-state index contributed by atoms with van der Waals surface area (Å²) < 4.78 is 37.2. The van der Waals surface area contributed by atoms with Gasteiger partial charge >= 0.3 is 6.18 Å². The SMILES string of the molecule is O=C(Cn1cnc(CNC2CC2)c1)NCC(F)(F)F. The predicted octanol–water partition coefficient (Wildman–Crippen LogP) is 0.814. The fourth-order valence-corrected chi connectivity index (χ4v) is 1.54. The fraction of sp³-hybridized carbons (Fsp3) is 0.636. The van der Waals surface area contributed by atoms with Gasteiger partial charge in [0.1, 0.15) is 13.1 Å². The monoisotopic (exact) mass is 276 g/mol. The molecule has 0 aliphatic heterocycles. The number of carbonyl (C=O) groups is 1. The van der Waals surface area contributed by atoms with Crippen molar-refractivity contribution in [1.82, 2.24) is 20.2 Å². The van der Waals surface area contributed by atoms with Crippen LogP contribution < -0.4 is 10.6 Å². The Labute approximate surface area is 108 Å². The molecule has 2 rings (SSSR count). The van der Waals surface area contributed by atoms with E-state index < -0.39 is 18.6 Å². The average molecular weight is 276 g/mol. The molecule has 5 nitrogen and oxygen atoms in total. The molecule has 106 valence electrons. The smallest absolute Gasteiger partial charge is 0.345 e. The Morgan fingerprint density at radius 3 is 2.84 bits per heavy atom. The quantitative estimate of drug-likeness (QED) is 0.808. The Bertz CT molecular complexity index is 439. The van der Waals surface area contributed by atoms with Gasteiger partial charge < -0.3 is 15.2 Å². The van der Waals surface area contributed by atoms with Crippen LogP contribution in [0.15, 0.2) is 12.5 Å². The number of alkyl halides is 3. The Morgan fingerprint density at radius 1 is 1.47 bits per heavy atom. The number of nitrogens with one attached hydrogen (secondary N) is 2. The largest absolute Gasteiger partial charge is 0.405 e. The molecule has 0 aromatic carbocycles. The van der Waals surface area contributed by atoms with Crippen LogP contribution in [0.3, 0.4) is 0 Å². The van der Waals surface area contributed by atoms with E-state index in [0.717, 1.165) is 5.69 Å². The number of halogens is 3. The van der Waals surface area contributed by atoms with Gasteiger partial charge in [0, 0.05) is 18.8 Å². The lowest BCUT2D eigenvalue weighted by molar-refractivity contribution is -0.138. The number of aromatic nitrogens is 2. The van der Waals surface area contributed by atoms with E-state index in [0.29, 0.717) is 12.6 Å². The van der Waals surface area contributed by atoms with E-state index in [1.54, 1.807) is 6.20 Å². The van der Waals surface area contributed by atoms with Crippen molar-refractivity contribution in [2.75, 3.05) is 6.54 Å². The van der Waals surface area contributed by atoms with Gasteiger partial charge in [-0.2, -0.15) is 13.2 Å². The average Bonchev–Trinajstić information content (AvgIpc) is 3.04. The van der Waals surface area contributed by atoms with E-state index in [1.807, 2.05) is 5.32 Å². The summed E-state index contributed by atoms with van der Waals surface area (Å²) in [4.78, 5) is 15.3. The Kier molecular flexibility index (Phi) is 4.08. The Morgan fingerprint density at radius 2 is 2.21 bits per heavy atom. The van der Waals surface area contributed by atoms with Crippen molar-refractivity contribution in [3.05, 3.63) is 18.2 Å². The lowest BCUT2D eigenvalue weighted by Gasteiger charge is -2.08. The summed E-state index contributed by atoms with van der Waals surface area (Å²) in [6, 6.07) is 0.556. The predicted molar refractivity (Wildman–Crippen MR) is 61.2 cm³/mol. The third-order valence-corrected chi connectivity index (χ3v) is 2.65. The molecule has 1 aromatic rings. The van der Waals surface area contributed by atoms with Crippen LogP contribution >= 0.6 is 0 Å². The molecular weight excluding hydrogens is 261 g/mol. The molecule has 0 saturated heterocycles. The number of amides is 1. The molecule has 1 heterocycles. The highest BCUT2D eigenvalue weighted by Crippen LogP contribution is 2.18. The fourth-order valence-electron chi connectivity index (χ4n) is 1.54. The van der Waals surface area contributed by atoms with Crippen LogP contribution in [0.4, 0.5) is 13.2 Å². The maximum Gasteiger partial charge on any atom is 0.405 e. The van der Waals surface area contributed by atoms with Gasteiger partial charge in [0.05, 0.1) is 12.0 Å². The highest BCUT2D eigenvalue weighted by Gasteiger charge is 2.27. The highest BCUT2D eigenvalue weighted by molar-refractivity contribution is 5.75. The number of nitrogens with zero attached hydrogens (tertiary/aromatic N) is 2. The molecule has 1 aliphatic carbocycles. The maximum atomic E-state index is 11.9. The summed E-state index contributed by atoms with van der Waals surface area (Å²) in [6.07, 6.45) is 1.05. The summed E-state index contributed by atoms with van der Waals surface area (Å²) in [6.45, 7) is -0.856. The van der Waals surface area contributed by atoms with Crippen molar-refractivity contribution in [2.45, 2.75) is 38.1 Å². The van der Waals surface area contributed by atoms with E-state index in [2.05, 4.69) is 10.3 Å². The van der Waals surface area contributed by atoms with Gasteiger partial charge in [-0.1, -0.05) is 0 Å². The first-order valence-electron chi connectivity index (χ1n) is 6.00. The number of rotatable bonds is 6. The van der Waals surface area contributed by atoms with E-state index in [4.69, 9.17) is 0 Å². The third kappa shape index (κ3) is 5.29. The minimum atomic E-state index is -4.38. The van der Waals surface area contributed by atoms with Crippen LogP contribution in [0, 0.1) is 0 Å². The molecule has 0 spiro atoms. The van der Waals surface area contributed by atoms with Crippen LogP contribution in [0.5, 0.6) is 0 Å². The molecular formula is C11H15F3N4O. The minimum Gasteiger partial charge on any atom is -0.345 e. The first kappa shape index (κ1) is 13.9. The van der Waals surface area contributed by atoms with Crippen molar-refractivity contribution in [3.8, 4) is 0 Å². The van der Waals surface area contributed by atoms with Gasteiger partial charge in [0.2, 0.25) is 5.91 Å². The second-order valence-electron chi connectivity index (χ2n) is 4.58. The van der Waals surface area contributed by atoms with Crippen molar-refractivity contribution < 1.29 is 18.0 Å². The van der Waals surface area contributed by atoms with Crippen LogP contribution in [0.2, 0.25) is 0 Å². The van der Waals surface area contributed by atoms with Crippen LogP contribution in [-0.4, -0.2) is 34.2 Å². The summed E-state index contributed by atoms with van der Waals surface area (Å²) >= 11 is 0. The molecule has 0 radical (unpaired) electrons. The molecule has 8 heteroatoms. The second-order valence-corrected chi connectivity index (χ2v) is 4.58. The van der Waals surface area contributed by atoms with Gasteiger partial charge in [-0.25, -0.2) is 4.98 Å². The molecule has 1 fully saturated rings. The maximum absolute atomic E-state index is 11.9. The first-order valence-corrected chi connectivity index (χ1v) is 6.00.